The van der Waals surface area contributed by atoms with Gasteiger partial charge in [-0.3, -0.25) is 34.3 Å². The van der Waals surface area contributed by atoms with Gasteiger partial charge in [-0.1, -0.05) is 24.3 Å². The van der Waals surface area contributed by atoms with Crippen LogP contribution >= 0.6 is 63.7 Å². The van der Waals surface area contributed by atoms with E-state index in [-0.39, 0.29) is 29.7 Å². The maximum absolute atomic E-state index is 12.3. The number of pyridine rings is 4. The summed E-state index contributed by atoms with van der Waals surface area (Å²) in [6.07, 6.45) is 31.3. The molecular formula is C77H85Br4N25O4. The summed E-state index contributed by atoms with van der Waals surface area (Å²) in [5.41, 5.74) is 17.0. The van der Waals surface area contributed by atoms with Crippen molar-refractivity contribution in [3.63, 3.8) is 0 Å². The second-order valence-corrected chi connectivity index (χ2v) is 31.5. The number of primary amides is 1. The molecule has 570 valence electrons. The van der Waals surface area contributed by atoms with E-state index in [2.05, 4.69) is 144 Å². The predicted molar refractivity (Wildman–Crippen MR) is 432 cm³/mol. The molecule has 2 unspecified atom stereocenters. The van der Waals surface area contributed by atoms with Crippen molar-refractivity contribution in [2.24, 2.45) is 11.7 Å². The Morgan fingerprint density at radius 3 is 1.00 bits per heavy atom. The summed E-state index contributed by atoms with van der Waals surface area (Å²) < 4.78 is 10.7. The van der Waals surface area contributed by atoms with Gasteiger partial charge in [0.25, 0.3) is 0 Å². The van der Waals surface area contributed by atoms with Crippen LogP contribution in [0.4, 0.5) is 28.1 Å². The highest BCUT2D eigenvalue weighted by atomic mass is 79.9. The molecule has 4 saturated heterocycles. The van der Waals surface area contributed by atoms with Gasteiger partial charge in [0.2, 0.25) is 17.7 Å². The smallest absolute Gasteiger partial charge is 0.314 e. The lowest BCUT2D eigenvalue weighted by Crippen LogP contribution is -2.42. The number of nitrogens with zero attached hydrogens (tertiary/aromatic N) is 20. The van der Waals surface area contributed by atoms with E-state index >= 15 is 0 Å². The largest absolute Gasteiger partial charge is 0.366 e. The minimum absolute atomic E-state index is 0.126. The molecule has 33 heteroatoms. The molecule has 2 atom stereocenters. The standard InChI is InChI=1S/C21H23BrN6O.2C19H21BrN6O.C18H20BrN7O/c22-17-13-25-28-19(24-12-14-2-1-7-23-11-14)10-18(26-20(17)28)15-5-8-27(9-6-15)21(29)16-3-4-16;1-13(27)25-7-3-5-15(12-25)17-8-18(22-10-14-4-2-6-21-9-14)26-19(24-17)16(20)11-23-26;1-13(27)25-7-4-15(5-8-25)17-9-18(22-11-14-3-2-6-21-10-14)26-19(24-17)16(20)12-23-26;19-14-10-23-26-16(22-9-12-3-1-5-21-8-12)7-15(24-17(14)26)13-4-2-6-25(11-13)18(20)27/h1-2,7,10-11,13,15-16,24H,3-6,8-9,12H2;2,4,6,8-9,11,15,22H,3,5,7,10,12H2,1H3;2-3,6,9-10,12,15,22H,4-5,7-8,11H2,1H3;1,3,5,7-8,10,13,22H,2,4,6,9,11H2,(H2,20,27). The van der Waals surface area contributed by atoms with Crippen molar-refractivity contribution in [2.75, 3.05) is 73.6 Å². The fraction of sp³-hybridized carbons (Fsp3) is 0.377. The monoisotopic (exact) mass is 1740 g/mol. The molecule has 0 radical (unpaired) electrons. The summed E-state index contributed by atoms with van der Waals surface area (Å²) in [5, 5.41) is 31.5. The topological polar surface area (TPSA) is 328 Å². The molecule has 1 aliphatic carbocycles. The third kappa shape index (κ3) is 18.8. The highest BCUT2D eigenvalue weighted by Gasteiger charge is 2.36. The molecule has 4 aliphatic heterocycles. The Hall–Kier alpha value is -10.1. The number of amides is 5. The number of anilines is 4. The number of nitrogens with one attached hydrogen (secondary N) is 4. The number of halogens is 4. The van der Waals surface area contributed by atoms with Crippen LogP contribution in [0.5, 0.6) is 0 Å². The zero-order valence-electron chi connectivity index (χ0n) is 61.0. The number of likely N-dealkylation sites (tertiary alicyclic amines) is 4. The van der Waals surface area contributed by atoms with Crippen LogP contribution in [0, 0.1) is 5.92 Å². The molecule has 0 spiro atoms. The average molecular weight is 1740 g/mol. The first-order valence-corrected chi connectivity index (χ1v) is 40.2. The summed E-state index contributed by atoms with van der Waals surface area (Å²) in [6.45, 7) is 11.9. The van der Waals surface area contributed by atoms with Crippen LogP contribution in [0.1, 0.15) is 147 Å². The minimum atomic E-state index is -0.374. The van der Waals surface area contributed by atoms with E-state index < -0.39 is 0 Å². The summed E-state index contributed by atoms with van der Waals surface area (Å²) >= 11 is 14.2. The Labute approximate surface area is 669 Å². The van der Waals surface area contributed by atoms with E-state index in [9.17, 15) is 19.2 Å². The molecule has 5 aliphatic rings. The van der Waals surface area contributed by atoms with Gasteiger partial charge < -0.3 is 46.6 Å². The quantitative estimate of drug-likeness (QED) is 0.0565. The first-order valence-electron chi connectivity index (χ1n) is 37.1. The summed E-state index contributed by atoms with van der Waals surface area (Å²) in [6, 6.07) is 23.7. The number of fused-ring (bicyclic) bond motifs is 4. The van der Waals surface area contributed by atoms with Gasteiger partial charge in [-0.15, -0.1) is 0 Å². The number of carbonyl (C=O) groups is 4. The molecule has 12 aromatic rings. The molecule has 16 heterocycles. The zero-order chi connectivity index (χ0) is 76.2. The lowest BCUT2D eigenvalue weighted by atomic mass is 9.93. The van der Waals surface area contributed by atoms with Gasteiger partial charge in [0.05, 0.1) is 54.1 Å². The van der Waals surface area contributed by atoms with Crippen LogP contribution in [0.25, 0.3) is 22.6 Å². The lowest BCUT2D eigenvalue weighted by molar-refractivity contribution is -0.133. The molecule has 110 heavy (non-hydrogen) atoms. The molecule has 6 N–H and O–H groups in total. The van der Waals surface area contributed by atoms with Crippen LogP contribution in [0.2, 0.25) is 0 Å². The fourth-order valence-corrected chi connectivity index (χ4v) is 15.7. The number of rotatable bonds is 17. The van der Waals surface area contributed by atoms with Crippen molar-refractivity contribution in [1.82, 2.24) is 97.9 Å². The second kappa shape index (κ2) is 35.7. The Kier molecular flexibility index (Phi) is 24.9. The van der Waals surface area contributed by atoms with Gasteiger partial charge in [0.15, 0.2) is 22.6 Å². The lowest BCUT2D eigenvalue weighted by Gasteiger charge is -2.32. The molecule has 0 aromatic carbocycles. The molecule has 5 fully saturated rings. The van der Waals surface area contributed by atoms with Crippen LogP contribution in [-0.4, -0.2) is 174 Å². The van der Waals surface area contributed by atoms with E-state index in [4.69, 9.17) is 25.7 Å². The minimum Gasteiger partial charge on any atom is -0.366 e. The third-order valence-electron chi connectivity index (χ3n) is 20.5. The fourth-order valence-electron chi connectivity index (χ4n) is 14.3. The van der Waals surface area contributed by atoms with Gasteiger partial charge in [-0.25, -0.2) is 24.7 Å². The van der Waals surface area contributed by atoms with Crippen molar-refractivity contribution < 1.29 is 19.2 Å². The second-order valence-electron chi connectivity index (χ2n) is 28.1. The Bertz CT molecular complexity index is 5010. The van der Waals surface area contributed by atoms with E-state index in [0.717, 1.165) is 206 Å². The van der Waals surface area contributed by atoms with Crippen LogP contribution < -0.4 is 27.0 Å². The van der Waals surface area contributed by atoms with Gasteiger partial charge in [-0.2, -0.15) is 38.5 Å². The van der Waals surface area contributed by atoms with E-state index in [1.165, 1.54) is 0 Å². The average Bonchev–Trinajstić information content (AvgIpc) is 1.59. The van der Waals surface area contributed by atoms with Gasteiger partial charge >= 0.3 is 6.03 Å². The summed E-state index contributed by atoms with van der Waals surface area (Å²) in [5.74, 6) is 5.53. The van der Waals surface area contributed by atoms with E-state index in [0.29, 0.717) is 69.5 Å². The van der Waals surface area contributed by atoms with E-state index in [1.54, 1.807) is 77.4 Å². The Morgan fingerprint density at radius 2 is 0.700 bits per heavy atom. The number of piperidine rings is 4. The molecule has 17 rings (SSSR count). The third-order valence-corrected chi connectivity index (χ3v) is 22.8. The summed E-state index contributed by atoms with van der Waals surface area (Å²) in [4.78, 5) is 90.8. The molecule has 12 aromatic heterocycles. The molecular weight excluding hydrogens is 1660 g/mol. The normalized spacial score (nSPS) is 16.9. The number of carbonyl (C=O) groups excluding carboxylic acids is 4. The van der Waals surface area contributed by atoms with E-state index in [1.807, 2.05) is 103 Å². The first-order chi connectivity index (χ1) is 53.5. The molecule has 5 amide bonds. The SMILES string of the molecule is CC(=O)N1CCC(c2cc(NCc3cccnc3)n3ncc(Br)c3n2)CC1.CC(=O)N1CCCC(c2cc(NCc3cccnc3)n3ncc(Br)c3n2)C1.NC(=O)N1CCCC(c2cc(NCc3cccnc3)n3ncc(Br)c3n2)C1.O=C(C1CC1)N1CCC(c2cc(NCc3cccnc3)n3ncc(Br)c3n2)CC1. The predicted octanol–water partition coefficient (Wildman–Crippen LogP) is 12.8. The van der Waals surface area contributed by atoms with Crippen molar-refractivity contribution in [3.8, 4) is 0 Å². The maximum Gasteiger partial charge on any atom is 0.314 e. The van der Waals surface area contributed by atoms with Crippen LogP contribution in [0.3, 0.4) is 0 Å². The van der Waals surface area contributed by atoms with Crippen molar-refractivity contribution in [1.29, 1.82) is 0 Å². The van der Waals surface area contributed by atoms with Crippen molar-refractivity contribution in [3.05, 3.63) is 210 Å². The number of hydrogen-bond donors (Lipinski definition) is 5. The van der Waals surface area contributed by atoms with Gasteiger partial charge in [0.1, 0.15) is 23.3 Å². The maximum atomic E-state index is 12.3. The number of urea groups is 1. The van der Waals surface area contributed by atoms with Crippen molar-refractivity contribution in [2.45, 2.75) is 128 Å². The molecule has 1 saturated carbocycles. The van der Waals surface area contributed by atoms with Gasteiger partial charge in [-0.05, 0) is 174 Å². The Balaban J connectivity index is 0.000000122. The molecule has 29 nitrogen and oxygen atoms in total. The highest BCUT2D eigenvalue weighted by molar-refractivity contribution is 9.11. The number of aromatic nitrogens is 16. The molecule has 0 bridgehead atoms. The summed E-state index contributed by atoms with van der Waals surface area (Å²) in [7, 11) is 0. The zero-order valence-corrected chi connectivity index (χ0v) is 67.3. The van der Waals surface area contributed by atoms with Crippen LogP contribution in [-0.2, 0) is 40.6 Å². The number of nitrogens with two attached hydrogens (primary N) is 1. The van der Waals surface area contributed by atoms with Crippen molar-refractivity contribution >= 4 is 133 Å². The van der Waals surface area contributed by atoms with Crippen LogP contribution in [0.15, 0.2) is 165 Å². The highest BCUT2D eigenvalue weighted by Crippen LogP contribution is 2.38. The van der Waals surface area contributed by atoms with Gasteiger partial charge in [0, 0.05) is 207 Å². The first kappa shape index (κ1) is 76.6. The Morgan fingerprint density at radius 1 is 0.391 bits per heavy atom. The number of hydrogen-bond acceptors (Lipinski definition) is 20.